The minimum atomic E-state index is 0.0593. The van der Waals surface area contributed by atoms with Crippen molar-refractivity contribution in [3.63, 3.8) is 0 Å². The molecule has 4 heterocycles. The highest BCUT2D eigenvalue weighted by atomic mass is 32.2. The molecule has 4 rings (SSSR count). The van der Waals surface area contributed by atoms with Crippen molar-refractivity contribution in [1.29, 1.82) is 0 Å². The van der Waals surface area contributed by atoms with Crippen molar-refractivity contribution in [2.45, 2.75) is 11.6 Å². The summed E-state index contributed by atoms with van der Waals surface area (Å²) in [5.41, 5.74) is 2.92. The molecule has 6 heteroatoms. The lowest BCUT2D eigenvalue weighted by molar-refractivity contribution is 0.0898. The molecule has 3 aromatic heterocycles. The van der Waals surface area contributed by atoms with Crippen molar-refractivity contribution >= 4 is 17.7 Å². The highest BCUT2D eigenvalue weighted by Crippen LogP contribution is 2.36. The first-order valence-corrected chi connectivity index (χ1v) is 7.95. The first-order valence-electron chi connectivity index (χ1n) is 6.96. The van der Waals surface area contributed by atoms with Crippen LogP contribution in [0.5, 0.6) is 0 Å². The van der Waals surface area contributed by atoms with Crippen LogP contribution in [0.3, 0.4) is 0 Å². The summed E-state index contributed by atoms with van der Waals surface area (Å²) in [7, 11) is 0. The number of hydrogen-bond acceptors (Lipinski definition) is 5. The number of carbonyl (C=O) groups is 1. The van der Waals surface area contributed by atoms with E-state index in [-0.39, 0.29) is 5.91 Å². The first kappa shape index (κ1) is 13.2. The Morgan fingerprint density at radius 3 is 2.41 bits per heavy atom. The average molecular weight is 308 g/mol. The fourth-order valence-corrected chi connectivity index (χ4v) is 3.43. The molecule has 108 valence electrons. The topological polar surface area (TPSA) is 60.7 Å². The molecule has 0 bridgehead atoms. The van der Waals surface area contributed by atoms with E-state index in [1.54, 1.807) is 28.7 Å². The third kappa shape index (κ3) is 2.12. The Bertz CT molecular complexity index is 830. The number of hydrogen-bond donors (Lipinski definition) is 0. The van der Waals surface area contributed by atoms with E-state index in [1.165, 1.54) is 0 Å². The number of carbonyl (C=O) groups excluding carboxylic acids is 1. The summed E-state index contributed by atoms with van der Waals surface area (Å²) in [5, 5.41) is 0.720. The zero-order chi connectivity index (χ0) is 14.9. The molecule has 0 aromatic carbocycles. The van der Waals surface area contributed by atoms with Gasteiger partial charge in [-0.05, 0) is 24.3 Å². The third-order valence-electron chi connectivity index (χ3n) is 3.46. The van der Waals surface area contributed by atoms with Crippen LogP contribution in [0, 0.1) is 0 Å². The van der Waals surface area contributed by atoms with Crippen LogP contribution in [0.25, 0.3) is 22.8 Å². The predicted molar refractivity (Wildman–Crippen MR) is 84.7 cm³/mol. The van der Waals surface area contributed by atoms with Crippen LogP contribution in [-0.2, 0) is 0 Å². The van der Waals surface area contributed by atoms with Crippen LogP contribution in [-0.4, -0.2) is 31.2 Å². The summed E-state index contributed by atoms with van der Waals surface area (Å²) >= 11 is 1.59. The Kier molecular flexibility index (Phi) is 3.23. The number of rotatable bonds is 2. The van der Waals surface area contributed by atoms with Gasteiger partial charge < -0.3 is 0 Å². The molecule has 0 saturated carbocycles. The van der Waals surface area contributed by atoms with Gasteiger partial charge in [-0.25, -0.2) is 4.98 Å². The molecule has 0 N–H and O–H groups in total. The summed E-state index contributed by atoms with van der Waals surface area (Å²) in [6, 6.07) is 11.3. The smallest absolute Gasteiger partial charge is 0.234 e. The molecule has 0 fully saturated rings. The molecule has 22 heavy (non-hydrogen) atoms. The number of fused-ring (bicyclic) bond motifs is 1. The van der Waals surface area contributed by atoms with Crippen molar-refractivity contribution in [3.8, 4) is 22.8 Å². The largest absolute Gasteiger partial charge is 0.274 e. The van der Waals surface area contributed by atoms with Crippen LogP contribution in [0.2, 0.25) is 0 Å². The van der Waals surface area contributed by atoms with Gasteiger partial charge in [-0.2, -0.15) is 0 Å². The standard InChI is InChI=1S/C16H12N4OS/c21-13-7-10-22-16-19-14(11-5-1-3-8-17-11)15(20(13)16)12-6-2-4-9-18-12/h1-6,8-9H,7,10H2. The van der Waals surface area contributed by atoms with Gasteiger partial charge in [0.1, 0.15) is 11.4 Å². The van der Waals surface area contributed by atoms with E-state index in [1.807, 2.05) is 36.4 Å². The summed E-state index contributed by atoms with van der Waals surface area (Å²) in [6.45, 7) is 0. The van der Waals surface area contributed by atoms with Gasteiger partial charge >= 0.3 is 0 Å². The molecule has 5 nitrogen and oxygen atoms in total. The van der Waals surface area contributed by atoms with Crippen LogP contribution in [0.15, 0.2) is 53.9 Å². The van der Waals surface area contributed by atoms with Gasteiger partial charge in [0.2, 0.25) is 5.91 Å². The number of pyridine rings is 2. The van der Waals surface area contributed by atoms with Gasteiger partial charge in [0.25, 0.3) is 0 Å². The molecule has 0 aliphatic carbocycles. The van der Waals surface area contributed by atoms with E-state index in [2.05, 4.69) is 15.0 Å². The average Bonchev–Trinajstić information content (AvgIpc) is 2.97. The monoisotopic (exact) mass is 308 g/mol. The van der Waals surface area contributed by atoms with E-state index < -0.39 is 0 Å². The van der Waals surface area contributed by atoms with E-state index in [9.17, 15) is 4.79 Å². The fourth-order valence-electron chi connectivity index (χ4n) is 2.49. The highest BCUT2D eigenvalue weighted by Gasteiger charge is 2.28. The second kappa shape index (κ2) is 5.38. The Morgan fingerprint density at radius 2 is 1.73 bits per heavy atom. The van der Waals surface area contributed by atoms with E-state index >= 15 is 0 Å². The molecule has 0 unspecified atom stereocenters. The number of aromatic nitrogens is 4. The second-order valence-electron chi connectivity index (χ2n) is 4.85. The molecule has 3 aromatic rings. The lowest BCUT2D eigenvalue weighted by atomic mass is 10.1. The van der Waals surface area contributed by atoms with Crippen molar-refractivity contribution in [2.24, 2.45) is 0 Å². The SMILES string of the molecule is O=C1CCSc2nc(-c3ccccn3)c(-c3ccccn3)n21. The molecular weight excluding hydrogens is 296 g/mol. The Balaban J connectivity index is 2.01. The molecule has 0 atom stereocenters. The fraction of sp³-hybridized carbons (Fsp3) is 0.125. The molecule has 0 spiro atoms. The van der Waals surface area contributed by atoms with Crippen molar-refractivity contribution in [3.05, 3.63) is 48.8 Å². The molecule has 1 aliphatic rings. The summed E-state index contributed by atoms with van der Waals surface area (Å²) < 4.78 is 1.68. The lowest BCUT2D eigenvalue weighted by Crippen LogP contribution is -2.18. The van der Waals surface area contributed by atoms with E-state index in [0.717, 1.165) is 28.0 Å². The lowest BCUT2D eigenvalue weighted by Gasteiger charge is -2.14. The van der Waals surface area contributed by atoms with Crippen LogP contribution in [0.4, 0.5) is 0 Å². The minimum Gasteiger partial charge on any atom is -0.274 e. The number of thioether (sulfide) groups is 1. The maximum atomic E-state index is 12.4. The van der Waals surface area contributed by atoms with Crippen LogP contribution >= 0.6 is 11.8 Å². The van der Waals surface area contributed by atoms with Gasteiger partial charge in [-0.1, -0.05) is 23.9 Å². The Labute approximate surface area is 131 Å². The molecule has 0 saturated heterocycles. The minimum absolute atomic E-state index is 0.0593. The van der Waals surface area contributed by atoms with E-state index in [0.29, 0.717) is 12.1 Å². The summed E-state index contributed by atoms with van der Waals surface area (Å²) in [6.07, 6.45) is 3.96. The molecule has 1 aliphatic heterocycles. The molecule has 0 radical (unpaired) electrons. The van der Waals surface area contributed by atoms with Crippen LogP contribution < -0.4 is 0 Å². The third-order valence-corrected chi connectivity index (χ3v) is 4.40. The quantitative estimate of drug-likeness (QED) is 0.728. The highest BCUT2D eigenvalue weighted by molar-refractivity contribution is 7.99. The van der Waals surface area contributed by atoms with Crippen molar-refractivity contribution in [1.82, 2.24) is 19.5 Å². The second-order valence-corrected chi connectivity index (χ2v) is 5.91. The summed E-state index contributed by atoms with van der Waals surface area (Å²) in [4.78, 5) is 25.8. The van der Waals surface area contributed by atoms with Gasteiger partial charge in [0.15, 0.2) is 5.16 Å². The zero-order valence-electron chi connectivity index (χ0n) is 11.6. The van der Waals surface area contributed by atoms with E-state index in [4.69, 9.17) is 0 Å². The van der Waals surface area contributed by atoms with Crippen molar-refractivity contribution < 1.29 is 4.79 Å². The first-order chi connectivity index (χ1) is 10.8. The Morgan fingerprint density at radius 1 is 1.00 bits per heavy atom. The maximum absolute atomic E-state index is 12.4. The van der Waals surface area contributed by atoms with Gasteiger partial charge in [-0.15, -0.1) is 0 Å². The normalized spacial score (nSPS) is 13.9. The van der Waals surface area contributed by atoms with Gasteiger partial charge in [-0.3, -0.25) is 19.3 Å². The van der Waals surface area contributed by atoms with Gasteiger partial charge in [0, 0.05) is 24.6 Å². The molecule has 0 amide bonds. The maximum Gasteiger partial charge on any atom is 0.234 e. The zero-order valence-corrected chi connectivity index (χ0v) is 12.5. The van der Waals surface area contributed by atoms with Gasteiger partial charge in [0.05, 0.1) is 11.4 Å². The summed E-state index contributed by atoms with van der Waals surface area (Å²) in [5.74, 6) is 0.822. The Hall–Kier alpha value is -2.47. The van der Waals surface area contributed by atoms with Crippen LogP contribution in [0.1, 0.15) is 11.2 Å². The van der Waals surface area contributed by atoms with Crippen molar-refractivity contribution in [2.75, 3.05) is 5.75 Å². The predicted octanol–water partition coefficient (Wildman–Crippen LogP) is 3.14. The number of nitrogens with zero attached hydrogens (tertiary/aromatic N) is 4. The number of imidazole rings is 1. The molecular formula is C16H12N4OS.